The van der Waals surface area contributed by atoms with E-state index in [0.29, 0.717) is 26.2 Å². The molecule has 1 aliphatic heterocycles. The number of nitro benzene ring substituents is 1. The van der Waals surface area contributed by atoms with E-state index in [1.165, 1.54) is 18.2 Å². The summed E-state index contributed by atoms with van der Waals surface area (Å²) in [6.07, 6.45) is 0. The SMILES string of the molecule is Cc1cc(N2CCN(C(=O)c3ccc(N)c([N+](=O)[O-])c3)CC2)nc(C(C)C)n1. The molecule has 148 valence electrons. The van der Waals surface area contributed by atoms with Gasteiger partial charge < -0.3 is 15.5 Å². The molecule has 2 aromatic rings. The summed E-state index contributed by atoms with van der Waals surface area (Å²) in [4.78, 5) is 36.2. The Hall–Kier alpha value is -3.23. The smallest absolute Gasteiger partial charge is 0.292 e. The van der Waals surface area contributed by atoms with E-state index >= 15 is 0 Å². The van der Waals surface area contributed by atoms with E-state index in [4.69, 9.17) is 5.73 Å². The van der Waals surface area contributed by atoms with Crippen molar-refractivity contribution in [2.75, 3.05) is 36.8 Å². The molecule has 2 heterocycles. The van der Waals surface area contributed by atoms with Gasteiger partial charge in [0, 0.05) is 55.5 Å². The predicted molar refractivity (Wildman–Crippen MR) is 106 cm³/mol. The Balaban J connectivity index is 1.71. The highest BCUT2D eigenvalue weighted by Crippen LogP contribution is 2.24. The third kappa shape index (κ3) is 4.03. The topological polar surface area (TPSA) is 118 Å². The molecule has 1 aliphatic rings. The molecule has 0 atom stereocenters. The lowest BCUT2D eigenvalue weighted by atomic mass is 10.1. The molecule has 0 bridgehead atoms. The fraction of sp³-hybridized carbons (Fsp3) is 0.421. The zero-order valence-corrected chi connectivity index (χ0v) is 16.3. The van der Waals surface area contributed by atoms with Crippen molar-refractivity contribution >= 4 is 23.1 Å². The van der Waals surface area contributed by atoms with Gasteiger partial charge in [0.2, 0.25) is 0 Å². The van der Waals surface area contributed by atoms with Crippen LogP contribution in [0.3, 0.4) is 0 Å². The van der Waals surface area contributed by atoms with Gasteiger partial charge in [-0.25, -0.2) is 9.97 Å². The number of anilines is 2. The number of carbonyl (C=O) groups is 1. The molecule has 1 aromatic heterocycles. The van der Waals surface area contributed by atoms with Gasteiger partial charge in [-0.15, -0.1) is 0 Å². The van der Waals surface area contributed by atoms with Crippen molar-refractivity contribution in [1.29, 1.82) is 0 Å². The lowest BCUT2D eigenvalue weighted by Gasteiger charge is -2.35. The van der Waals surface area contributed by atoms with Crippen LogP contribution in [-0.4, -0.2) is 51.9 Å². The van der Waals surface area contributed by atoms with Gasteiger partial charge in [-0.2, -0.15) is 0 Å². The number of aryl methyl sites for hydroxylation is 1. The summed E-state index contributed by atoms with van der Waals surface area (Å²) in [6, 6.07) is 6.12. The van der Waals surface area contributed by atoms with E-state index in [1.807, 2.05) is 13.0 Å². The summed E-state index contributed by atoms with van der Waals surface area (Å²) in [6.45, 7) is 8.36. The highest BCUT2D eigenvalue weighted by atomic mass is 16.6. The van der Waals surface area contributed by atoms with Gasteiger partial charge in [-0.3, -0.25) is 14.9 Å². The molecule has 3 rings (SSSR count). The van der Waals surface area contributed by atoms with Crippen LogP contribution in [-0.2, 0) is 0 Å². The van der Waals surface area contributed by atoms with E-state index in [9.17, 15) is 14.9 Å². The molecule has 0 aliphatic carbocycles. The molecule has 1 saturated heterocycles. The maximum Gasteiger partial charge on any atom is 0.292 e. The third-order valence-electron chi connectivity index (χ3n) is 4.74. The predicted octanol–water partition coefficient (Wildman–Crippen LogP) is 2.36. The average molecular weight is 384 g/mol. The molecule has 0 unspecified atom stereocenters. The van der Waals surface area contributed by atoms with Gasteiger partial charge in [0.15, 0.2) is 0 Å². The summed E-state index contributed by atoms with van der Waals surface area (Å²) < 4.78 is 0. The van der Waals surface area contributed by atoms with Crippen LogP contribution >= 0.6 is 0 Å². The molecule has 1 amide bonds. The normalized spacial score (nSPS) is 14.4. The van der Waals surface area contributed by atoms with E-state index < -0.39 is 4.92 Å². The molecule has 2 N–H and O–H groups in total. The molecule has 1 fully saturated rings. The zero-order chi connectivity index (χ0) is 20.4. The van der Waals surface area contributed by atoms with Gasteiger partial charge >= 0.3 is 0 Å². The first-order valence-electron chi connectivity index (χ1n) is 9.20. The number of rotatable bonds is 4. The van der Waals surface area contributed by atoms with E-state index in [1.54, 1.807) is 4.90 Å². The first kappa shape index (κ1) is 19.5. The van der Waals surface area contributed by atoms with Gasteiger partial charge in [-0.1, -0.05) is 13.8 Å². The van der Waals surface area contributed by atoms with Gasteiger partial charge in [0.25, 0.3) is 11.6 Å². The van der Waals surface area contributed by atoms with Crippen molar-refractivity contribution < 1.29 is 9.72 Å². The van der Waals surface area contributed by atoms with Crippen LogP contribution in [0.1, 0.15) is 41.6 Å². The zero-order valence-electron chi connectivity index (χ0n) is 16.3. The molecular weight excluding hydrogens is 360 g/mol. The second kappa shape index (κ2) is 7.79. The molecule has 1 aromatic carbocycles. The maximum atomic E-state index is 12.7. The summed E-state index contributed by atoms with van der Waals surface area (Å²) in [5.74, 6) is 1.68. The van der Waals surface area contributed by atoms with Crippen molar-refractivity contribution in [2.24, 2.45) is 0 Å². The Kier molecular flexibility index (Phi) is 5.43. The first-order valence-corrected chi connectivity index (χ1v) is 9.20. The van der Waals surface area contributed by atoms with Crippen LogP contribution in [0.25, 0.3) is 0 Å². The Morgan fingerprint density at radius 1 is 1.18 bits per heavy atom. The Morgan fingerprint density at radius 3 is 2.46 bits per heavy atom. The Morgan fingerprint density at radius 2 is 1.86 bits per heavy atom. The maximum absolute atomic E-state index is 12.7. The van der Waals surface area contributed by atoms with Crippen molar-refractivity contribution in [3.8, 4) is 0 Å². The van der Waals surface area contributed by atoms with Crippen molar-refractivity contribution in [3.63, 3.8) is 0 Å². The quantitative estimate of drug-likeness (QED) is 0.488. The first-order chi connectivity index (χ1) is 13.3. The lowest BCUT2D eigenvalue weighted by molar-refractivity contribution is -0.383. The summed E-state index contributed by atoms with van der Waals surface area (Å²) in [5, 5.41) is 11.1. The lowest BCUT2D eigenvalue weighted by Crippen LogP contribution is -2.49. The van der Waals surface area contributed by atoms with Gasteiger partial charge in [0.05, 0.1) is 4.92 Å². The fourth-order valence-corrected chi connectivity index (χ4v) is 3.15. The Bertz CT molecular complexity index is 907. The number of carbonyl (C=O) groups excluding carboxylic acids is 1. The van der Waals surface area contributed by atoms with Crippen molar-refractivity contribution in [3.05, 3.63) is 51.5 Å². The van der Waals surface area contributed by atoms with Crippen LogP contribution < -0.4 is 10.6 Å². The van der Waals surface area contributed by atoms with E-state index in [2.05, 4.69) is 28.7 Å². The highest BCUT2D eigenvalue weighted by molar-refractivity contribution is 5.95. The van der Waals surface area contributed by atoms with Crippen LogP contribution in [0.4, 0.5) is 17.2 Å². The van der Waals surface area contributed by atoms with E-state index in [-0.39, 0.29) is 28.8 Å². The number of nitrogens with zero attached hydrogens (tertiary/aromatic N) is 5. The summed E-state index contributed by atoms with van der Waals surface area (Å²) in [5.41, 5.74) is 6.60. The number of nitrogens with two attached hydrogens (primary N) is 1. The molecular formula is C19H24N6O3. The van der Waals surface area contributed by atoms with Crippen LogP contribution in [0.5, 0.6) is 0 Å². The fourth-order valence-electron chi connectivity index (χ4n) is 3.15. The summed E-state index contributed by atoms with van der Waals surface area (Å²) in [7, 11) is 0. The molecule has 9 heteroatoms. The second-order valence-electron chi connectivity index (χ2n) is 7.19. The monoisotopic (exact) mass is 384 g/mol. The number of amides is 1. The number of nitro groups is 1. The Labute approximate surface area is 163 Å². The van der Waals surface area contributed by atoms with Crippen molar-refractivity contribution in [1.82, 2.24) is 14.9 Å². The van der Waals surface area contributed by atoms with Gasteiger partial charge in [0.1, 0.15) is 17.3 Å². The van der Waals surface area contributed by atoms with E-state index in [0.717, 1.165) is 17.3 Å². The van der Waals surface area contributed by atoms with Gasteiger partial charge in [-0.05, 0) is 19.1 Å². The third-order valence-corrected chi connectivity index (χ3v) is 4.74. The molecule has 9 nitrogen and oxygen atoms in total. The number of hydrogen-bond donors (Lipinski definition) is 1. The van der Waals surface area contributed by atoms with Crippen molar-refractivity contribution in [2.45, 2.75) is 26.7 Å². The number of aromatic nitrogens is 2. The number of nitrogen functional groups attached to an aromatic ring is 1. The minimum absolute atomic E-state index is 0.0476. The minimum Gasteiger partial charge on any atom is -0.393 e. The number of piperazine rings is 1. The van der Waals surface area contributed by atoms with Crippen LogP contribution in [0.2, 0.25) is 0 Å². The second-order valence-corrected chi connectivity index (χ2v) is 7.19. The minimum atomic E-state index is -0.576. The standard InChI is InChI=1S/C19H24N6O3/c1-12(2)18-21-13(3)10-17(22-18)23-6-8-24(9-7-23)19(26)14-4-5-15(20)16(11-14)25(27)28/h4-5,10-12H,6-9,20H2,1-3H3. The molecule has 0 spiro atoms. The molecule has 0 saturated carbocycles. The number of hydrogen-bond acceptors (Lipinski definition) is 7. The molecule has 0 radical (unpaired) electrons. The largest absolute Gasteiger partial charge is 0.393 e. The number of benzene rings is 1. The molecule has 28 heavy (non-hydrogen) atoms. The van der Waals surface area contributed by atoms with Crippen LogP contribution in [0.15, 0.2) is 24.3 Å². The van der Waals surface area contributed by atoms with Crippen LogP contribution in [0, 0.1) is 17.0 Å². The average Bonchev–Trinajstić information content (AvgIpc) is 2.67. The highest BCUT2D eigenvalue weighted by Gasteiger charge is 2.25. The summed E-state index contributed by atoms with van der Waals surface area (Å²) >= 11 is 0.